The van der Waals surface area contributed by atoms with E-state index in [0.29, 0.717) is 5.15 Å². The number of aromatic nitrogens is 2. The van der Waals surface area contributed by atoms with Gasteiger partial charge >= 0.3 is 0 Å². The van der Waals surface area contributed by atoms with Crippen LogP contribution in [0.5, 0.6) is 5.75 Å². The summed E-state index contributed by atoms with van der Waals surface area (Å²) in [5.74, 6) is 1.84. The van der Waals surface area contributed by atoms with E-state index in [0.717, 1.165) is 28.4 Å². The molecule has 0 atom stereocenters. The molecule has 0 saturated carbocycles. The molecular formula is C15H18ClN3O. The van der Waals surface area contributed by atoms with Crippen LogP contribution in [0.15, 0.2) is 24.5 Å². The van der Waals surface area contributed by atoms with Crippen LogP contribution in [0.25, 0.3) is 0 Å². The number of anilines is 2. The van der Waals surface area contributed by atoms with Gasteiger partial charge in [0.15, 0.2) is 0 Å². The van der Waals surface area contributed by atoms with Crippen LogP contribution in [-0.2, 0) is 0 Å². The van der Waals surface area contributed by atoms with Crippen LogP contribution in [-0.4, -0.2) is 17.1 Å². The fourth-order valence-electron chi connectivity index (χ4n) is 2.08. The maximum absolute atomic E-state index is 6.16. The second-order valence-electron chi connectivity index (χ2n) is 4.89. The summed E-state index contributed by atoms with van der Waals surface area (Å²) in [5, 5.41) is 3.78. The van der Waals surface area contributed by atoms with E-state index < -0.39 is 0 Å². The number of aryl methyl sites for hydroxylation is 1. The minimum Gasteiger partial charge on any atom is -0.496 e. The first-order valence-electron chi connectivity index (χ1n) is 6.45. The summed E-state index contributed by atoms with van der Waals surface area (Å²) in [5.41, 5.74) is 2.92. The lowest BCUT2D eigenvalue weighted by Gasteiger charge is -2.15. The highest BCUT2D eigenvalue weighted by Crippen LogP contribution is 2.31. The van der Waals surface area contributed by atoms with Gasteiger partial charge in [0.25, 0.3) is 0 Å². The fraction of sp³-hybridized carbons (Fsp3) is 0.333. The molecule has 2 rings (SSSR count). The average Bonchev–Trinajstić information content (AvgIpc) is 2.38. The number of nitrogens with one attached hydrogen (secondary N) is 1. The van der Waals surface area contributed by atoms with Gasteiger partial charge in [-0.3, -0.25) is 0 Å². The predicted octanol–water partition coefficient (Wildman–Crippen LogP) is 4.31. The van der Waals surface area contributed by atoms with Crippen LogP contribution in [0.3, 0.4) is 0 Å². The van der Waals surface area contributed by atoms with Crippen molar-refractivity contribution in [3.05, 3.63) is 40.8 Å². The molecule has 5 heteroatoms. The Balaban J connectivity index is 2.35. The van der Waals surface area contributed by atoms with E-state index in [9.17, 15) is 0 Å². The van der Waals surface area contributed by atoms with Crippen molar-refractivity contribution in [1.29, 1.82) is 0 Å². The molecule has 0 saturated heterocycles. The van der Waals surface area contributed by atoms with Crippen LogP contribution in [0.4, 0.5) is 11.5 Å². The number of rotatable bonds is 4. The number of ether oxygens (including phenoxy) is 1. The molecule has 1 N–H and O–H groups in total. The molecule has 4 nitrogen and oxygen atoms in total. The van der Waals surface area contributed by atoms with Gasteiger partial charge in [-0.1, -0.05) is 25.4 Å². The number of benzene rings is 1. The maximum atomic E-state index is 6.16. The van der Waals surface area contributed by atoms with E-state index in [1.807, 2.05) is 25.1 Å². The van der Waals surface area contributed by atoms with Crippen LogP contribution in [0, 0.1) is 6.92 Å². The Kier molecular flexibility index (Phi) is 4.45. The molecule has 0 radical (unpaired) electrons. The van der Waals surface area contributed by atoms with Gasteiger partial charge < -0.3 is 10.1 Å². The summed E-state index contributed by atoms with van der Waals surface area (Å²) in [6.07, 6.45) is 1.47. The van der Waals surface area contributed by atoms with Crippen molar-refractivity contribution < 1.29 is 4.74 Å². The van der Waals surface area contributed by atoms with Crippen LogP contribution in [0.1, 0.15) is 30.9 Å². The molecule has 0 bridgehead atoms. The zero-order valence-electron chi connectivity index (χ0n) is 12.1. The number of methoxy groups -OCH3 is 1. The van der Waals surface area contributed by atoms with Gasteiger partial charge in [-0.25, -0.2) is 9.97 Å². The molecule has 1 aromatic heterocycles. The zero-order chi connectivity index (χ0) is 14.7. The van der Waals surface area contributed by atoms with Crippen LogP contribution < -0.4 is 10.1 Å². The molecule has 20 heavy (non-hydrogen) atoms. The van der Waals surface area contributed by atoms with E-state index in [4.69, 9.17) is 16.3 Å². The molecule has 2 aromatic rings. The lowest BCUT2D eigenvalue weighted by atomic mass is 10.1. The molecule has 0 aliphatic rings. The van der Waals surface area contributed by atoms with E-state index in [2.05, 4.69) is 29.1 Å². The molecule has 0 unspecified atom stereocenters. The highest BCUT2D eigenvalue weighted by Gasteiger charge is 2.14. The fourth-order valence-corrected chi connectivity index (χ4v) is 2.43. The number of hydrogen-bond acceptors (Lipinski definition) is 4. The highest BCUT2D eigenvalue weighted by atomic mass is 35.5. The van der Waals surface area contributed by atoms with E-state index in [1.165, 1.54) is 6.33 Å². The van der Waals surface area contributed by atoms with Crippen LogP contribution in [0.2, 0.25) is 5.15 Å². The monoisotopic (exact) mass is 291 g/mol. The summed E-state index contributed by atoms with van der Waals surface area (Å²) in [7, 11) is 1.66. The summed E-state index contributed by atoms with van der Waals surface area (Å²) < 4.78 is 5.26. The highest BCUT2D eigenvalue weighted by molar-refractivity contribution is 6.30. The zero-order valence-corrected chi connectivity index (χ0v) is 12.8. The average molecular weight is 292 g/mol. The van der Waals surface area contributed by atoms with Crippen molar-refractivity contribution in [1.82, 2.24) is 9.97 Å². The standard InChI is InChI=1S/C15H18ClN3O/c1-9(2)13-14(16)17-8-18-15(13)19-11-5-6-12(20-4)10(3)7-11/h5-9H,1-4H3,(H,17,18,19). The summed E-state index contributed by atoms with van der Waals surface area (Å²) in [6.45, 7) is 6.13. The molecule has 0 aliphatic heterocycles. The largest absolute Gasteiger partial charge is 0.496 e. The SMILES string of the molecule is COc1ccc(Nc2ncnc(Cl)c2C(C)C)cc1C. The van der Waals surface area contributed by atoms with E-state index >= 15 is 0 Å². The Hall–Kier alpha value is -1.81. The minimum atomic E-state index is 0.241. The Labute approximate surface area is 124 Å². The molecule has 106 valence electrons. The number of hydrogen-bond donors (Lipinski definition) is 1. The molecule has 0 amide bonds. The lowest BCUT2D eigenvalue weighted by Crippen LogP contribution is -2.03. The molecule has 1 heterocycles. The van der Waals surface area contributed by atoms with Crippen molar-refractivity contribution in [2.45, 2.75) is 26.7 Å². The molecule has 0 spiro atoms. The predicted molar refractivity (Wildman–Crippen MR) is 82.1 cm³/mol. The van der Waals surface area contributed by atoms with Crippen molar-refractivity contribution in [3.63, 3.8) is 0 Å². The van der Waals surface area contributed by atoms with Gasteiger partial charge in [-0.05, 0) is 36.6 Å². The van der Waals surface area contributed by atoms with Crippen molar-refractivity contribution in [2.75, 3.05) is 12.4 Å². The van der Waals surface area contributed by atoms with Gasteiger partial charge in [-0.15, -0.1) is 0 Å². The normalized spacial score (nSPS) is 10.7. The molecular weight excluding hydrogens is 274 g/mol. The van der Waals surface area contributed by atoms with E-state index in [1.54, 1.807) is 7.11 Å². The molecule has 1 aromatic carbocycles. The molecule has 0 fully saturated rings. The smallest absolute Gasteiger partial charge is 0.138 e. The third-order valence-electron chi connectivity index (χ3n) is 3.07. The number of halogens is 1. The Bertz CT molecular complexity index is 614. The third-order valence-corrected chi connectivity index (χ3v) is 3.37. The first kappa shape index (κ1) is 14.6. The van der Waals surface area contributed by atoms with Gasteiger partial charge in [0.2, 0.25) is 0 Å². The lowest BCUT2D eigenvalue weighted by molar-refractivity contribution is 0.412. The third kappa shape index (κ3) is 3.02. The van der Waals surface area contributed by atoms with E-state index in [-0.39, 0.29) is 5.92 Å². The van der Waals surface area contributed by atoms with Gasteiger partial charge in [0.1, 0.15) is 23.0 Å². The van der Waals surface area contributed by atoms with Crippen molar-refractivity contribution >= 4 is 23.1 Å². The van der Waals surface area contributed by atoms with Crippen molar-refractivity contribution in [3.8, 4) is 5.75 Å². The van der Waals surface area contributed by atoms with Gasteiger partial charge in [0.05, 0.1) is 7.11 Å². The first-order valence-corrected chi connectivity index (χ1v) is 6.82. The Morgan fingerprint density at radius 2 is 2.00 bits per heavy atom. The molecule has 0 aliphatic carbocycles. The van der Waals surface area contributed by atoms with Crippen LogP contribution >= 0.6 is 11.6 Å². The summed E-state index contributed by atoms with van der Waals surface area (Å²) in [4.78, 5) is 8.33. The van der Waals surface area contributed by atoms with Crippen molar-refractivity contribution in [2.24, 2.45) is 0 Å². The quantitative estimate of drug-likeness (QED) is 0.853. The summed E-state index contributed by atoms with van der Waals surface area (Å²) in [6, 6.07) is 5.89. The topological polar surface area (TPSA) is 47.0 Å². The Morgan fingerprint density at radius 1 is 1.25 bits per heavy atom. The maximum Gasteiger partial charge on any atom is 0.138 e. The summed E-state index contributed by atoms with van der Waals surface area (Å²) >= 11 is 6.16. The number of nitrogens with zero attached hydrogens (tertiary/aromatic N) is 2. The first-order chi connectivity index (χ1) is 9.52. The van der Waals surface area contributed by atoms with Gasteiger partial charge in [-0.2, -0.15) is 0 Å². The second kappa shape index (κ2) is 6.09. The minimum absolute atomic E-state index is 0.241. The Morgan fingerprint density at radius 3 is 2.60 bits per heavy atom. The van der Waals surface area contributed by atoms with Gasteiger partial charge in [0, 0.05) is 11.3 Å². The second-order valence-corrected chi connectivity index (χ2v) is 5.25.